The number of halogens is 2. The Morgan fingerprint density at radius 3 is 2.89 bits per heavy atom. The first-order chi connectivity index (χ1) is 9.16. The first-order valence-electron chi connectivity index (χ1n) is 6.35. The zero-order valence-electron chi connectivity index (χ0n) is 10.6. The summed E-state index contributed by atoms with van der Waals surface area (Å²) in [5.74, 6) is -0.509. The smallest absolute Gasteiger partial charge is 0.183 e. The van der Waals surface area contributed by atoms with Gasteiger partial charge in [-0.05, 0) is 12.1 Å². The fourth-order valence-corrected chi connectivity index (χ4v) is 2.19. The van der Waals surface area contributed by atoms with Gasteiger partial charge in [0.15, 0.2) is 11.6 Å². The summed E-state index contributed by atoms with van der Waals surface area (Å²) in [6.45, 7) is 4.25. The number of benzene rings is 1. The van der Waals surface area contributed by atoms with Crippen LogP contribution in [-0.2, 0) is 0 Å². The Morgan fingerprint density at radius 1 is 1.42 bits per heavy atom. The molecule has 0 amide bonds. The van der Waals surface area contributed by atoms with Crippen molar-refractivity contribution in [3.63, 3.8) is 0 Å². The van der Waals surface area contributed by atoms with Crippen molar-refractivity contribution in [2.45, 2.75) is 6.10 Å². The molecule has 1 atom stereocenters. The van der Waals surface area contributed by atoms with E-state index in [0.717, 1.165) is 26.2 Å². The van der Waals surface area contributed by atoms with Crippen LogP contribution in [0.1, 0.15) is 0 Å². The second-order valence-corrected chi connectivity index (χ2v) is 4.97. The second kappa shape index (κ2) is 7.05. The van der Waals surface area contributed by atoms with Crippen molar-refractivity contribution in [1.29, 1.82) is 0 Å². The van der Waals surface area contributed by atoms with Gasteiger partial charge in [-0.15, -0.1) is 0 Å². The highest BCUT2D eigenvalue weighted by molar-refractivity contribution is 6.30. The zero-order valence-corrected chi connectivity index (χ0v) is 11.4. The van der Waals surface area contributed by atoms with Crippen LogP contribution < -0.4 is 10.1 Å². The molecule has 1 aliphatic heterocycles. The minimum atomic E-state index is -0.642. The molecule has 0 saturated carbocycles. The van der Waals surface area contributed by atoms with Gasteiger partial charge in [-0.2, -0.15) is 0 Å². The third kappa shape index (κ3) is 4.31. The lowest BCUT2D eigenvalue weighted by Gasteiger charge is -2.29. The van der Waals surface area contributed by atoms with E-state index < -0.39 is 11.9 Å². The highest BCUT2D eigenvalue weighted by Gasteiger charge is 2.15. The lowest BCUT2D eigenvalue weighted by atomic mass is 10.3. The summed E-state index contributed by atoms with van der Waals surface area (Å²) in [5, 5.41) is 13.1. The van der Waals surface area contributed by atoms with Gasteiger partial charge in [0.25, 0.3) is 0 Å². The average Bonchev–Trinajstić information content (AvgIpc) is 2.42. The first-order valence-corrected chi connectivity index (χ1v) is 6.72. The number of hydrogen-bond acceptors (Lipinski definition) is 4. The number of ether oxygens (including phenoxy) is 1. The maximum Gasteiger partial charge on any atom is 0.183 e. The predicted molar refractivity (Wildman–Crippen MR) is 72.2 cm³/mol. The van der Waals surface area contributed by atoms with Gasteiger partial charge in [0, 0.05) is 32.7 Å². The Morgan fingerprint density at radius 2 is 2.16 bits per heavy atom. The Bertz CT molecular complexity index is 414. The third-order valence-corrected chi connectivity index (χ3v) is 3.32. The summed E-state index contributed by atoms with van der Waals surface area (Å²) in [5.41, 5.74) is 0. The van der Waals surface area contributed by atoms with Gasteiger partial charge < -0.3 is 15.2 Å². The fourth-order valence-electron chi connectivity index (χ4n) is 2.03. The Labute approximate surface area is 117 Å². The zero-order chi connectivity index (χ0) is 13.7. The second-order valence-electron chi connectivity index (χ2n) is 4.57. The van der Waals surface area contributed by atoms with Gasteiger partial charge in [0.2, 0.25) is 0 Å². The van der Waals surface area contributed by atoms with Gasteiger partial charge in [0.05, 0.1) is 5.02 Å². The summed E-state index contributed by atoms with van der Waals surface area (Å²) in [4.78, 5) is 2.15. The van der Waals surface area contributed by atoms with Crippen molar-refractivity contribution in [3.05, 3.63) is 29.0 Å². The lowest BCUT2D eigenvalue weighted by Crippen LogP contribution is -2.47. The maximum absolute atomic E-state index is 13.6. The van der Waals surface area contributed by atoms with Crippen LogP contribution in [0.2, 0.25) is 5.02 Å². The molecule has 19 heavy (non-hydrogen) atoms. The first kappa shape index (κ1) is 14.5. The number of aliphatic hydroxyl groups is 1. The number of nitrogens with zero attached hydrogens (tertiary/aromatic N) is 1. The van der Waals surface area contributed by atoms with Crippen molar-refractivity contribution in [1.82, 2.24) is 10.2 Å². The van der Waals surface area contributed by atoms with Crippen molar-refractivity contribution in [2.24, 2.45) is 0 Å². The molecule has 2 N–H and O–H groups in total. The molecule has 1 unspecified atom stereocenters. The number of nitrogens with one attached hydrogen (secondary N) is 1. The minimum Gasteiger partial charge on any atom is -0.488 e. The Kier molecular flexibility index (Phi) is 5.39. The SMILES string of the molecule is OC(COc1cccc(Cl)c1F)CN1CCNCC1. The van der Waals surface area contributed by atoms with Crippen LogP contribution in [0.25, 0.3) is 0 Å². The number of piperazine rings is 1. The lowest BCUT2D eigenvalue weighted by molar-refractivity contribution is 0.0628. The van der Waals surface area contributed by atoms with Crippen molar-refractivity contribution in [3.8, 4) is 5.75 Å². The highest BCUT2D eigenvalue weighted by Crippen LogP contribution is 2.24. The van der Waals surface area contributed by atoms with Crippen LogP contribution in [0.5, 0.6) is 5.75 Å². The fraction of sp³-hybridized carbons (Fsp3) is 0.538. The largest absolute Gasteiger partial charge is 0.488 e. The van der Waals surface area contributed by atoms with E-state index in [4.69, 9.17) is 16.3 Å². The van der Waals surface area contributed by atoms with E-state index in [-0.39, 0.29) is 17.4 Å². The number of rotatable bonds is 5. The van der Waals surface area contributed by atoms with Gasteiger partial charge in [-0.25, -0.2) is 4.39 Å². The molecule has 1 saturated heterocycles. The van der Waals surface area contributed by atoms with E-state index in [1.165, 1.54) is 12.1 Å². The van der Waals surface area contributed by atoms with E-state index in [1.54, 1.807) is 6.07 Å². The van der Waals surface area contributed by atoms with Crippen LogP contribution in [0.15, 0.2) is 18.2 Å². The maximum atomic E-state index is 13.6. The molecule has 1 fully saturated rings. The molecule has 1 heterocycles. The average molecular weight is 289 g/mol. The molecule has 106 valence electrons. The topological polar surface area (TPSA) is 44.7 Å². The highest BCUT2D eigenvalue weighted by atomic mass is 35.5. The Hall–Kier alpha value is -0.880. The van der Waals surface area contributed by atoms with Crippen LogP contribution >= 0.6 is 11.6 Å². The van der Waals surface area contributed by atoms with Crippen LogP contribution in [-0.4, -0.2) is 55.4 Å². The van der Waals surface area contributed by atoms with Gasteiger partial charge in [0.1, 0.15) is 12.7 Å². The van der Waals surface area contributed by atoms with Crippen LogP contribution in [0.4, 0.5) is 4.39 Å². The number of hydrogen-bond donors (Lipinski definition) is 2. The molecular weight excluding hydrogens is 271 g/mol. The van der Waals surface area contributed by atoms with E-state index in [2.05, 4.69) is 10.2 Å². The quantitative estimate of drug-likeness (QED) is 0.852. The molecular formula is C13H18ClFN2O2. The molecule has 1 aliphatic rings. The molecule has 1 aromatic carbocycles. The summed E-state index contributed by atoms with van der Waals surface area (Å²) in [6, 6.07) is 4.57. The molecule has 6 heteroatoms. The molecule has 0 radical (unpaired) electrons. The summed E-state index contributed by atoms with van der Waals surface area (Å²) >= 11 is 5.65. The standard InChI is InChI=1S/C13H18ClFN2O2/c14-11-2-1-3-12(13(11)15)19-9-10(18)8-17-6-4-16-5-7-17/h1-3,10,16,18H,4-9H2. The molecule has 0 bridgehead atoms. The summed E-state index contributed by atoms with van der Waals surface area (Å²) < 4.78 is 18.8. The van der Waals surface area contributed by atoms with Crippen LogP contribution in [0.3, 0.4) is 0 Å². The molecule has 1 aromatic rings. The predicted octanol–water partition coefficient (Wildman–Crippen LogP) is 1.12. The van der Waals surface area contributed by atoms with E-state index in [9.17, 15) is 9.50 Å². The van der Waals surface area contributed by atoms with Crippen molar-refractivity contribution < 1.29 is 14.2 Å². The normalized spacial score (nSPS) is 18.3. The third-order valence-electron chi connectivity index (χ3n) is 3.03. The molecule has 2 rings (SSSR count). The monoisotopic (exact) mass is 288 g/mol. The minimum absolute atomic E-state index is 0.0223. The Balaban J connectivity index is 1.79. The molecule has 0 aliphatic carbocycles. The van der Waals surface area contributed by atoms with Crippen molar-refractivity contribution >= 4 is 11.6 Å². The van der Waals surface area contributed by atoms with Gasteiger partial charge in [-0.1, -0.05) is 17.7 Å². The molecule has 0 spiro atoms. The summed E-state index contributed by atoms with van der Waals surface area (Å²) in [6.07, 6.45) is -0.642. The van der Waals surface area contributed by atoms with E-state index >= 15 is 0 Å². The van der Waals surface area contributed by atoms with E-state index in [0.29, 0.717) is 6.54 Å². The van der Waals surface area contributed by atoms with E-state index in [1.807, 2.05) is 0 Å². The van der Waals surface area contributed by atoms with Gasteiger partial charge >= 0.3 is 0 Å². The molecule has 0 aromatic heterocycles. The van der Waals surface area contributed by atoms with Crippen LogP contribution in [0, 0.1) is 5.82 Å². The number of aliphatic hydroxyl groups excluding tert-OH is 1. The summed E-state index contributed by atoms with van der Waals surface area (Å²) in [7, 11) is 0. The number of β-amino-alcohol motifs (C(OH)–C–C–N with tert-alkyl or cyclic N) is 1. The van der Waals surface area contributed by atoms with Crippen molar-refractivity contribution in [2.75, 3.05) is 39.3 Å². The van der Waals surface area contributed by atoms with Gasteiger partial charge in [-0.3, -0.25) is 4.90 Å². The molecule has 4 nitrogen and oxygen atoms in total.